The van der Waals surface area contributed by atoms with Gasteiger partial charge in [0.05, 0.1) is 13.2 Å². The van der Waals surface area contributed by atoms with Gasteiger partial charge in [0, 0.05) is 13.2 Å². The molecule has 4 heteroatoms. The Morgan fingerprint density at radius 3 is 2.18 bits per heavy atom. The van der Waals surface area contributed by atoms with Crippen LogP contribution in [0.3, 0.4) is 0 Å². The highest BCUT2D eigenvalue weighted by Crippen LogP contribution is 2.27. The van der Waals surface area contributed by atoms with Crippen LogP contribution >= 0.6 is 0 Å². The lowest BCUT2D eigenvalue weighted by Gasteiger charge is -2.22. The molecular formula is C29H32O4. The normalized spacial score (nSPS) is 16.3. The zero-order valence-corrected chi connectivity index (χ0v) is 19.0. The second-order valence-corrected chi connectivity index (χ2v) is 8.33. The van der Waals surface area contributed by atoms with Crippen LogP contribution in [-0.4, -0.2) is 31.5 Å². The van der Waals surface area contributed by atoms with E-state index in [9.17, 15) is 0 Å². The third kappa shape index (κ3) is 7.21. The second kappa shape index (κ2) is 12.2. The van der Waals surface area contributed by atoms with E-state index < -0.39 is 0 Å². The maximum Gasteiger partial charge on any atom is 0.119 e. The molecule has 0 atom stereocenters. The molecule has 5 rings (SSSR count). The Morgan fingerprint density at radius 2 is 1.52 bits per heavy atom. The van der Waals surface area contributed by atoms with Crippen molar-refractivity contribution < 1.29 is 19.3 Å². The van der Waals surface area contributed by atoms with Crippen LogP contribution in [0.15, 0.2) is 84.9 Å². The number of rotatable bonds is 5. The lowest BCUT2D eigenvalue weighted by atomic mass is 9.92. The second-order valence-electron chi connectivity index (χ2n) is 8.33. The summed E-state index contributed by atoms with van der Waals surface area (Å²) < 4.78 is 16.4. The Kier molecular flexibility index (Phi) is 8.56. The molecule has 0 saturated carbocycles. The van der Waals surface area contributed by atoms with Crippen LogP contribution in [0.4, 0.5) is 0 Å². The largest absolute Gasteiger partial charge is 0.508 e. The van der Waals surface area contributed by atoms with E-state index in [4.69, 9.17) is 19.3 Å². The molecule has 33 heavy (non-hydrogen) atoms. The van der Waals surface area contributed by atoms with Crippen LogP contribution < -0.4 is 4.74 Å². The Morgan fingerprint density at radius 1 is 0.788 bits per heavy atom. The minimum Gasteiger partial charge on any atom is -0.508 e. The zero-order valence-electron chi connectivity index (χ0n) is 19.0. The fourth-order valence-electron chi connectivity index (χ4n) is 4.07. The first-order valence-corrected chi connectivity index (χ1v) is 11.7. The predicted molar refractivity (Wildman–Crippen MR) is 132 cm³/mol. The summed E-state index contributed by atoms with van der Waals surface area (Å²) in [5.41, 5.74) is 5.14. The van der Waals surface area contributed by atoms with Crippen molar-refractivity contribution in [3.63, 3.8) is 0 Å². The third-order valence-corrected chi connectivity index (χ3v) is 6.02. The number of benzene rings is 3. The van der Waals surface area contributed by atoms with Gasteiger partial charge in [0.1, 0.15) is 18.1 Å². The maximum absolute atomic E-state index is 9.13. The lowest BCUT2D eigenvalue weighted by Crippen LogP contribution is -2.13. The molecular weight excluding hydrogens is 412 g/mol. The maximum atomic E-state index is 9.13. The molecule has 0 amide bonds. The van der Waals surface area contributed by atoms with E-state index in [0.29, 0.717) is 18.3 Å². The highest BCUT2D eigenvalue weighted by molar-refractivity contribution is 5.66. The Balaban J connectivity index is 0.000000172. The molecule has 1 fully saturated rings. The summed E-state index contributed by atoms with van der Waals surface area (Å²) in [5.74, 6) is 1.87. The highest BCUT2D eigenvalue weighted by Gasteiger charge is 2.15. The van der Waals surface area contributed by atoms with Crippen LogP contribution in [0.25, 0.3) is 5.57 Å². The van der Waals surface area contributed by atoms with Crippen molar-refractivity contribution in [2.75, 3.05) is 26.4 Å². The van der Waals surface area contributed by atoms with Crippen LogP contribution in [0.5, 0.6) is 11.5 Å². The quantitative estimate of drug-likeness (QED) is 0.498. The Labute approximate surface area is 196 Å². The van der Waals surface area contributed by atoms with E-state index in [1.54, 1.807) is 12.1 Å². The van der Waals surface area contributed by atoms with Crippen molar-refractivity contribution in [3.05, 3.63) is 102 Å². The fraction of sp³-hybridized carbons (Fsp3) is 0.310. The van der Waals surface area contributed by atoms with E-state index in [1.807, 2.05) is 42.5 Å². The van der Waals surface area contributed by atoms with Gasteiger partial charge in [-0.05, 0) is 71.7 Å². The minimum atomic E-state index is 0.343. The van der Waals surface area contributed by atoms with Crippen molar-refractivity contribution in [2.24, 2.45) is 0 Å². The first-order chi connectivity index (χ1) is 16.3. The number of aromatic hydroxyl groups is 1. The van der Waals surface area contributed by atoms with Gasteiger partial charge in [-0.2, -0.15) is 0 Å². The van der Waals surface area contributed by atoms with Crippen molar-refractivity contribution in [3.8, 4) is 11.5 Å². The number of hydrogen-bond donors (Lipinski definition) is 1. The molecule has 0 unspecified atom stereocenters. The van der Waals surface area contributed by atoms with Gasteiger partial charge < -0.3 is 19.3 Å². The molecule has 1 saturated heterocycles. The Bertz CT molecular complexity index is 988. The summed E-state index contributed by atoms with van der Waals surface area (Å²) in [6.07, 6.45) is 5.35. The lowest BCUT2D eigenvalue weighted by molar-refractivity contribution is 0.0853. The highest BCUT2D eigenvalue weighted by atomic mass is 16.5. The number of hydrogen-bond acceptors (Lipinski definition) is 4. The summed E-state index contributed by atoms with van der Waals surface area (Å²) in [6.45, 7) is 3.88. The Hall–Kier alpha value is -3.08. The molecule has 2 aliphatic heterocycles. The van der Waals surface area contributed by atoms with Gasteiger partial charge in [-0.25, -0.2) is 0 Å². The molecule has 2 aliphatic rings. The van der Waals surface area contributed by atoms with Crippen molar-refractivity contribution in [1.29, 1.82) is 0 Å². The van der Waals surface area contributed by atoms with Gasteiger partial charge in [-0.15, -0.1) is 0 Å². The fourth-order valence-corrected chi connectivity index (χ4v) is 4.07. The average molecular weight is 445 g/mol. The minimum absolute atomic E-state index is 0.343. The van der Waals surface area contributed by atoms with Crippen molar-refractivity contribution in [2.45, 2.75) is 31.8 Å². The number of ether oxygens (including phenoxy) is 3. The van der Waals surface area contributed by atoms with E-state index >= 15 is 0 Å². The standard InChI is InChI=1S/C18H18O2.C11H14O2/c1-2-4-15(5-3-1)14-20-18-8-6-16(7-9-18)17-10-12-19-13-11-17;12-11-3-1-9(2-4-11)10-5-7-13-8-6-10/h1-10H,11-14H2;1-4,10,12H,5-8H2. The summed E-state index contributed by atoms with van der Waals surface area (Å²) in [6, 6.07) is 26.0. The van der Waals surface area contributed by atoms with Gasteiger partial charge in [0.25, 0.3) is 0 Å². The van der Waals surface area contributed by atoms with Gasteiger partial charge in [0.2, 0.25) is 0 Å². The molecule has 0 radical (unpaired) electrons. The van der Waals surface area contributed by atoms with E-state index in [0.717, 1.165) is 51.4 Å². The summed E-state index contributed by atoms with van der Waals surface area (Å²) >= 11 is 0. The van der Waals surface area contributed by atoms with Crippen molar-refractivity contribution >= 4 is 5.57 Å². The van der Waals surface area contributed by atoms with Crippen LogP contribution in [0, 0.1) is 0 Å². The third-order valence-electron chi connectivity index (χ3n) is 6.02. The van der Waals surface area contributed by atoms with Gasteiger partial charge in [0.15, 0.2) is 0 Å². The first kappa shape index (κ1) is 23.1. The van der Waals surface area contributed by atoms with Crippen LogP contribution in [0.1, 0.15) is 41.9 Å². The summed E-state index contributed by atoms with van der Waals surface area (Å²) in [4.78, 5) is 0. The molecule has 4 nitrogen and oxygen atoms in total. The zero-order chi connectivity index (χ0) is 22.7. The molecule has 172 valence electrons. The van der Waals surface area contributed by atoms with Gasteiger partial charge >= 0.3 is 0 Å². The van der Waals surface area contributed by atoms with Gasteiger partial charge in [-0.1, -0.05) is 60.7 Å². The van der Waals surface area contributed by atoms with Crippen LogP contribution in [-0.2, 0) is 16.1 Å². The molecule has 0 aromatic heterocycles. The summed E-state index contributed by atoms with van der Waals surface area (Å²) in [7, 11) is 0. The molecule has 0 spiro atoms. The molecule has 0 bridgehead atoms. The molecule has 3 aromatic carbocycles. The van der Waals surface area contributed by atoms with E-state index in [1.165, 1.54) is 22.3 Å². The summed E-state index contributed by atoms with van der Waals surface area (Å²) in [5, 5.41) is 9.13. The molecule has 3 aromatic rings. The SMILES string of the molecule is C1=C(c2ccc(OCc3ccccc3)cc2)CCOC1.Oc1ccc(C2CCOCC2)cc1. The van der Waals surface area contributed by atoms with E-state index in [2.05, 4.69) is 30.3 Å². The molecule has 0 aliphatic carbocycles. The molecule has 1 N–H and O–H groups in total. The van der Waals surface area contributed by atoms with E-state index in [-0.39, 0.29) is 0 Å². The first-order valence-electron chi connectivity index (χ1n) is 11.7. The molecule has 2 heterocycles. The van der Waals surface area contributed by atoms with Crippen LogP contribution in [0.2, 0.25) is 0 Å². The average Bonchev–Trinajstić information content (AvgIpc) is 2.90. The number of phenolic OH excluding ortho intramolecular Hbond substituents is 1. The monoisotopic (exact) mass is 444 g/mol. The topological polar surface area (TPSA) is 47.9 Å². The predicted octanol–water partition coefficient (Wildman–Crippen LogP) is 6.36. The van der Waals surface area contributed by atoms with Crippen molar-refractivity contribution in [1.82, 2.24) is 0 Å². The van der Waals surface area contributed by atoms with Gasteiger partial charge in [-0.3, -0.25) is 0 Å². The number of phenols is 1. The smallest absolute Gasteiger partial charge is 0.119 e.